The summed E-state index contributed by atoms with van der Waals surface area (Å²) in [5, 5.41) is 12.5. The van der Waals surface area contributed by atoms with Crippen molar-refractivity contribution in [1.82, 2.24) is 4.98 Å². The van der Waals surface area contributed by atoms with Crippen LogP contribution in [0.25, 0.3) is 16.0 Å². The summed E-state index contributed by atoms with van der Waals surface area (Å²) in [5.41, 5.74) is 1.56. The maximum Gasteiger partial charge on any atom is 0.301 e. The standard InChI is InChI=1S/C26H18Cl2N2O4S/c1-2-34-18-9-6-14(7-10-18)23(31)21-22(15-4-3-5-16(27)12-15)30(25(33)24(21)32)26-29-19-11-8-17(28)13-20(19)35-26/h3-13,22,31H,2H2,1H3/b23-21+. The molecule has 9 heteroatoms. The molecule has 35 heavy (non-hydrogen) atoms. The summed E-state index contributed by atoms with van der Waals surface area (Å²) < 4.78 is 6.23. The third kappa shape index (κ3) is 4.27. The van der Waals surface area contributed by atoms with Crippen molar-refractivity contribution in [1.29, 1.82) is 0 Å². The summed E-state index contributed by atoms with van der Waals surface area (Å²) in [6.45, 7) is 2.37. The number of carbonyl (C=O) groups excluding carboxylic acids is 2. The number of hydrogen-bond donors (Lipinski definition) is 1. The number of anilines is 1. The first-order chi connectivity index (χ1) is 16.9. The number of Topliss-reactive ketones (excluding diaryl/α,β-unsaturated/α-hetero) is 1. The molecule has 1 unspecified atom stereocenters. The average molecular weight is 525 g/mol. The number of ether oxygens (including phenoxy) is 1. The van der Waals surface area contributed by atoms with Crippen LogP contribution in [0.3, 0.4) is 0 Å². The van der Waals surface area contributed by atoms with Crippen molar-refractivity contribution in [2.75, 3.05) is 11.5 Å². The first kappa shape index (κ1) is 23.4. The van der Waals surface area contributed by atoms with Crippen molar-refractivity contribution >= 4 is 67.3 Å². The number of thiazole rings is 1. The molecule has 1 N–H and O–H groups in total. The lowest BCUT2D eigenvalue weighted by Gasteiger charge is -2.23. The number of ketones is 1. The van der Waals surface area contributed by atoms with Crippen LogP contribution in [0.5, 0.6) is 5.75 Å². The number of fused-ring (bicyclic) bond motifs is 1. The topological polar surface area (TPSA) is 79.7 Å². The molecule has 1 aromatic heterocycles. The van der Waals surface area contributed by atoms with Crippen molar-refractivity contribution < 1.29 is 19.4 Å². The van der Waals surface area contributed by atoms with E-state index in [4.69, 9.17) is 27.9 Å². The fraction of sp³-hybridized carbons (Fsp3) is 0.115. The SMILES string of the molecule is CCOc1ccc(/C(O)=C2\C(=O)C(=O)N(c3nc4ccc(Cl)cc4s3)C2c2cccc(Cl)c2)cc1. The van der Waals surface area contributed by atoms with Gasteiger partial charge in [0, 0.05) is 15.6 Å². The first-order valence-electron chi connectivity index (χ1n) is 10.7. The number of benzene rings is 3. The zero-order valence-corrected chi connectivity index (χ0v) is 20.7. The van der Waals surface area contributed by atoms with E-state index in [1.165, 1.54) is 16.2 Å². The quantitative estimate of drug-likeness (QED) is 0.180. The molecule has 1 amide bonds. The normalized spacial score (nSPS) is 17.3. The second-order valence-electron chi connectivity index (χ2n) is 7.79. The van der Waals surface area contributed by atoms with E-state index in [2.05, 4.69) is 4.98 Å². The van der Waals surface area contributed by atoms with Crippen LogP contribution in [0.2, 0.25) is 10.0 Å². The fourth-order valence-corrected chi connectivity index (χ4v) is 5.51. The van der Waals surface area contributed by atoms with Crippen LogP contribution in [-0.4, -0.2) is 28.4 Å². The van der Waals surface area contributed by atoms with Crippen LogP contribution in [0, 0.1) is 0 Å². The van der Waals surface area contributed by atoms with Crippen LogP contribution in [-0.2, 0) is 9.59 Å². The van der Waals surface area contributed by atoms with E-state index in [0.29, 0.717) is 44.2 Å². The van der Waals surface area contributed by atoms with Gasteiger partial charge in [0.1, 0.15) is 11.5 Å². The molecule has 1 fully saturated rings. The smallest absolute Gasteiger partial charge is 0.301 e. The highest BCUT2D eigenvalue weighted by atomic mass is 35.5. The highest BCUT2D eigenvalue weighted by Gasteiger charge is 2.48. The summed E-state index contributed by atoms with van der Waals surface area (Å²) in [4.78, 5) is 32.5. The second-order valence-corrected chi connectivity index (χ2v) is 9.67. The van der Waals surface area contributed by atoms with E-state index in [0.717, 1.165) is 4.70 Å². The van der Waals surface area contributed by atoms with E-state index in [1.807, 2.05) is 6.92 Å². The second kappa shape index (κ2) is 9.34. The molecule has 1 saturated heterocycles. The molecule has 0 saturated carbocycles. The Balaban J connectivity index is 1.69. The highest BCUT2D eigenvalue weighted by Crippen LogP contribution is 2.45. The van der Waals surface area contributed by atoms with Crippen molar-refractivity contribution in [3.05, 3.63) is 93.5 Å². The number of nitrogens with zero attached hydrogens (tertiary/aromatic N) is 2. The van der Waals surface area contributed by atoms with Crippen molar-refractivity contribution in [3.63, 3.8) is 0 Å². The Morgan fingerprint density at radius 3 is 2.51 bits per heavy atom. The van der Waals surface area contributed by atoms with Crippen molar-refractivity contribution in [2.45, 2.75) is 13.0 Å². The van der Waals surface area contributed by atoms with E-state index >= 15 is 0 Å². The number of halogens is 2. The van der Waals surface area contributed by atoms with Gasteiger partial charge in [-0.3, -0.25) is 14.5 Å². The van der Waals surface area contributed by atoms with E-state index in [-0.39, 0.29) is 11.3 Å². The molecule has 1 atom stereocenters. The molecule has 2 heterocycles. The lowest BCUT2D eigenvalue weighted by atomic mass is 9.95. The number of aromatic nitrogens is 1. The van der Waals surface area contributed by atoms with Gasteiger partial charge in [0.2, 0.25) is 0 Å². The number of amides is 1. The molecule has 176 valence electrons. The molecule has 5 rings (SSSR count). The summed E-state index contributed by atoms with van der Waals surface area (Å²) in [7, 11) is 0. The molecule has 4 aromatic rings. The van der Waals surface area contributed by atoms with Crippen molar-refractivity contribution in [2.24, 2.45) is 0 Å². The van der Waals surface area contributed by atoms with E-state index in [9.17, 15) is 14.7 Å². The highest BCUT2D eigenvalue weighted by molar-refractivity contribution is 7.22. The summed E-state index contributed by atoms with van der Waals surface area (Å²) in [6, 6.07) is 17.8. The number of aliphatic hydroxyl groups excluding tert-OH is 1. The average Bonchev–Trinajstić information content (AvgIpc) is 3.37. The number of aliphatic hydroxyl groups is 1. The number of hydrogen-bond acceptors (Lipinski definition) is 6. The van der Waals surface area contributed by atoms with Gasteiger partial charge in [-0.2, -0.15) is 0 Å². The van der Waals surface area contributed by atoms with Crippen LogP contribution < -0.4 is 9.64 Å². The zero-order valence-electron chi connectivity index (χ0n) is 18.4. The molecule has 1 aliphatic heterocycles. The Morgan fingerprint density at radius 1 is 1.06 bits per heavy atom. The van der Waals surface area contributed by atoms with E-state index in [1.54, 1.807) is 66.7 Å². The molecule has 6 nitrogen and oxygen atoms in total. The third-order valence-corrected chi connectivity index (χ3v) is 7.08. The van der Waals surface area contributed by atoms with Crippen LogP contribution in [0.1, 0.15) is 24.1 Å². The lowest BCUT2D eigenvalue weighted by Crippen LogP contribution is -2.29. The van der Waals surface area contributed by atoms with Crippen molar-refractivity contribution in [3.8, 4) is 5.75 Å². The van der Waals surface area contributed by atoms with Crippen LogP contribution >= 0.6 is 34.5 Å². The summed E-state index contributed by atoms with van der Waals surface area (Å²) >= 11 is 13.6. The molecule has 0 radical (unpaired) electrons. The molecular weight excluding hydrogens is 507 g/mol. The Bertz CT molecular complexity index is 1500. The predicted octanol–water partition coefficient (Wildman–Crippen LogP) is 6.63. The molecule has 0 spiro atoms. The fourth-order valence-electron chi connectivity index (χ4n) is 4.04. The lowest BCUT2D eigenvalue weighted by molar-refractivity contribution is -0.132. The Hall–Kier alpha value is -3.39. The minimum absolute atomic E-state index is 0.0429. The number of carbonyl (C=O) groups is 2. The summed E-state index contributed by atoms with van der Waals surface area (Å²) in [6.07, 6.45) is 0. The first-order valence-corrected chi connectivity index (χ1v) is 12.3. The maximum absolute atomic E-state index is 13.3. The molecule has 0 aliphatic carbocycles. The van der Waals surface area contributed by atoms with Crippen LogP contribution in [0.4, 0.5) is 5.13 Å². The Morgan fingerprint density at radius 2 is 1.80 bits per heavy atom. The zero-order chi connectivity index (χ0) is 24.7. The van der Waals surface area contributed by atoms with Gasteiger partial charge in [-0.15, -0.1) is 0 Å². The van der Waals surface area contributed by atoms with Gasteiger partial charge in [0.05, 0.1) is 28.4 Å². The third-order valence-electron chi connectivity index (χ3n) is 5.59. The van der Waals surface area contributed by atoms with Gasteiger partial charge in [0.15, 0.2) is 5.13 Å². The van der Waals surface area contributed by atoms with Gasteiger partial charge < -0.3 is 9.84 Å². The molecule has 1 aliphatic rings. The minimum Gasteiger partial charge on any atom is -0.507 e. The minimum atomic E-state index is -0.920. The van der Waals surface area contributed by atoms with Gasteiger partial charge in [-0.25, -0.2) is 4.98 Å². The van der Waals surface area contributed by atoms with Gasteiger partial charge in [-0.05, 0) is 67.1 Å². The van der Waals surface area contributed by atoms with Gasteiger partial charge >= 0.3 is 5.91 Å². The summed E-state index contributed by atoms with van der Waals surface area (Å²) in [5.74, 6) is -1.25. The maximum atomic E-state index is 13.3. The molecule has 3 aromatic carbocycles. The molecule has 0 bridgehead atoms. The van der Waals surface area contributed by atoms with Gasteiger partial charge in [-0.1, -0.05) is 46.7 Å². The predicted molar refractivity (Wildman–Crippen MR) is 138 cm³/mol. The monoisotopic (exact) mass is 524 g/mol. The van der Waals surface area contributed by atoms with Crippen LogP contribution in [0.15, 0.2) is 72.3 Å². The van der Waals surface area contributed by atoms with E-state index < -0.39 is 17.7 Å². The Kier molecular flexibility index (Phi) is 6.23. The van der Waals surface area contributed by atoms with Gasteiger partial charge in [0.25, 0.3) is 5.78 Å². The molecular formula is C26H18Cl2N2O4S. The Labute approximate surface area is 215 Å². The largest absolute Gasteiger partial charge is 0.507 e. The number of rotatable bonds is 5.